The lowest BCUT2D eigenvalue weighted by Gasteiger charge is -2.22. The Morgan fingerprint density at radius 1 is 1.24 bits per heavy atom. The number of hydrogen-bond donors (Lipinski definition) is 1. The Balaban J connectivity index is 2.61. The van der Waals surface area contributed by atoms with E-state index in [4.69, 9.17) is 27.9 Å². The summed E-state index contributed by atoms with van der Waals surface area (Å²) >= 11 is 15.6. The third kappa shape index (κ3) is 3.34. The Morgan fingerprint density at radius 3 is 2.57 bits per heavy atom. The second kappa shape index (κ2) is 6.97. The van der Waals surface area contributed by atoms with Gasteiger partial charge in [0, 0.05) is 11.6 Å². The summed E-state index contributed by atoms with van der Waals surface area (Å²) in [7, 11) is 3.29. The summed E-state index contributed by atoms with van der Waals surface area (Å²) in [5.41, 5.74) is 1.56. The van der Waals surface area contributed by atoms with E-state index in [-0.39, 0.29) is 11.9 Å². The van der Waals surface area contributed by atoms with E-state index in [1.54, 1.807) is 19.2 Å². The molecule has 2 rings (SSSR count). The summed E-state index contributed by atoms with van der Waals surface area (Å²) in [5.74, 6) is 0.0498. The van der Waals surface area contributed by atoms with Crippen LogP contribution in [0.1, 0.15) is 17.2 Å². The Labute approximate surface area is 141 Å². The van der Waals surface area contributed by atoms with Gasteiger partial charge in [0.15, 0.2) is 0 Å². The van der Waals surface area contributed by atoms with E-state index >= 15 is 0 Å². The van der Waals surface area contributed by atoms with Crippen LogP contribution < -0.4 is 10.1 Å². The molecule has 2 aromatic carbocycles. The highest BCUT2D eigenvalue weighted by molar-refractivity contribution is 9.10. The highest BCUT2D eigenvalue weighted by Crippen LogP contribution is 2.38. The van der Waals surface area contributed by atoms with E-state index < -0.39 is 0 Å². The number of halogens is 4. The van der Waals surface area contributed by atoms with Gasteiger partial charge in [0.05, 0.1) is 27.7 Å². The summed E-state index contributed by atoms with van der Waals surface area (Å²) in [6, 6.07) is 8.14. The van der Waals surface area contributed by atoms with Crippen molar-refractivity contribution in [3.63, 3.8) is 0 Å². The number of rotatable bonds is 4. The molecule has 1 unspecified atom stereocenters. The minimum absolute atomic E-state index is 0.275. The molecule has 1 N–H and O–H groups in total. The Morgan fingerprint density at radius 2 is 1.95 bits per heavy atom. The van der Waals surface area contributed by atoms with Gasteiger partial charge in [-0.2, -0.15) is 0 Å². The molecule has 1 atom stereocenters. The van der Waals surface area contributed by atoms with Crippen LogP contribution in [0.25, 0.3) is 0 Å². The van der Waals surface area contributed by atoms with Crippen LogP contribution >= 0.6 is 39.1 Å². The first-order chi connectivity index (χ1) is 9.99. The van der Waals surface area contributed by atoms with Gasteiger partial charge >= 0.3 is 0 Å². The summed E-state index contributed by atoms with van der Waals surface area (Å²) < 4.78 is 19.3. The minimum Gasteiger partial charge on any atom is -0.496 e. The molecule has 0 aromatic heterocycles. The number of benzene rings is 2. The third-order valence-corrected chi connectivity index (χ3v) is 4.61. The van der Waals surface area contributed by atoms with E-state index in [2.05, 4.69) is 21.2 Å². The molecule has 112 valence electrons. The molecule has 0 spiro atoms. The van der Waals surface area contributed by atoms with Gasteiger partial charge in [0.1, 0.15) is 11.6 Å². The number of ether oxygens (including phenoxy) is 1. The lowest BCUT2D eigenvalue weighted by atomic mass is 9.97. The van der Waals surface area contributed by atoms with Crippen LogP contribution in [0.15, 0.2) is 34.8 Å². The van der Waals surface area contributed by atoms with Gasteiger partial charge in [-0.15, -0.1) is 0 Å². The average Bonchev–Trinajstić information content (AvgIpc) is 2.47. The largest absolute Gasteiger partial charge is 0.496 e. The fourth-order valence-corrected chi connectivity index (χ4v) is 2.95. The molecule has 2 nitrogen and oxygen atoms in total. The average molecular weight is 393 g/mol. The van der Waals surface area contributed by atoms with Crippen molar-refractivity contribution in [3.05, 3.63) is 61.8 Å². The van der Waals surface area contributed by atoms with Gasteiger partial charge in [-0.25, -0.2) is 4.39 Å². The van der Waals surface area contributed by atoms with E-state index in [0.717, 1.165) is 11.1 Å². The Hall–Kier alpha value is -0.810. The number of hydrogen-bond acceptors (Lipinski definition) is 2. The van der Waals surface area contributed by atoms with Gasteiger partial charge in [-0.1, -0.05) is 35.3 Å². The Kier molecular flexibility index (Phi) is 5.49. The molecule has 0 aliphatic heterocycles. The molecule has 0 bridgehead atoms. The molecule has 0 aliphatic carbocycles. The zero-order valence-corrected chi connectivity index (χ0v) is 14.5. The molecule has 0 radical (unpaired) electrons. The first-order valence-corrected chi connectivity index (χ1v) is 7.68. The normalized spacial score (nSPS) is 12.3. The fraction of sp³-hybridized carbons (Fsp3) is 0.200. The van der Waals surface area contributed by atoms with Crippen molar-refractivity contribution >= 4 is 39.1 Å². The first-order valence-electron chi connectivity index (χ1n) is 6.13. The zero-order chi connectivity index (χ0) is 15.6. The van der Waals surface area contributed by atoms with Crippen molar-refractivity contribution in [2.24, 2.45) is 0 Å². The van der Waals surface area contributed by atoms with Crippen molar-refractivity contribution < 1.29 is 9.13 Å². The molecule has 0 saturated heterocycles. The molecule has 6 heteroatoms. The fourth-order valence-electron chi connectivity index (χ4n) is 2.17. The molecule has 0 heterocycles. The SMILES string of the molecule is CNC(c1cc(Br)c(F)cc1OC)c1cccc(Cl)c1Cl. The second-order valence-electron chi connectivity index (χ2n) is 4.37. The van der Waals surface area contributed by atoms with Gasteiger partial charge in [0.25, 0.3) is 0 Å². The predicted molar refractivity (Wildman–Crippen MR) is 88.0 cm³/mol. The van der Waals surface area contributed by atoms with Crippen LogP contribution in [0.4, 0.5) is 4.39 Å². The Bertz CT molecular complexity index is 666. The maximum absolute atomic E-state index is 13.7. The number of nitrogens with one attached hydrogen (secondary N) is 1. The van der Waals surface area contributed by atoms with Crippen LogP contribution in [-0.2, 0) is 0 Å². The van der Waals surface area contributed by atoms with E-state index in [1.165, 1.54) is 13.2 Å². The number of methoxy groups -OCH3 is 1. The van der Waals surface area contributed by atoms with Crippen molar-refractivity contribution in [3.8, 4) is 5.75 Å². The van der Waals surface area contributed by atoms with Crippen molar-refractivity contribution in [1.82, 2.24) is 5.32 Å². The molecular weight excluding hydrogens is 380 g/mol. The molecule has 0 fully saturated rings. The quantitative estimate of drug-likeness (QED) is 0.770. The summed E-state index contributed by atoms with van der Waals surface area (Å²) in [5, 5.41) is 4.08. The molecule has 0 amide bonds. The maximum Gasteiger partial charge on any atom is 0.141 e. The van der Waals surface area contributed by atoms with Crippen LogP contribution in [0, 0.1) is 5.82 Å². The molecule has 0 saturated carbocycles. The molecular formula is C15H13BrCl2FNO. The van der Waals surface area contributed by atoms with Gasteiger partial charge in [0.2, 0.25) is 0 Å². The van der Waals surface area contributed by atoms with Crippen LogP contribution in [0.5, 0.6) is 5.75 Å². The molecule has 2 aromatic rings. The minimum atomic E-state index is -0.386. The third-order valence-electron chi connectivity index (χ3n) is 3.16. The standard InChI is InChI=1S/C15H13BrCl2FNO/c1-20-15(8-4-3-5-11(17)14(8)18)9-6-10(16)12(19)7-13(9)21-2/h3-7,15,20H,1-2H3. The van der Waals surface area contributed by atoms with Gasteiger partial charge in [-0.05, 0) is 40.7 Å². The maximum atomic E-state index is 13.7. The van der Waals surface area contributed by atoms with Crippen molar-refractivity contribution in [2.45, 2.75) is 6.04 Å². The van der Waals surface area contributed by atoms with E-state index in [9.17, 15) is 4.39 Å². The monoisotopic (exact) mass is 391 g/mol. The first kappa shape index (κ1) is 16.6. The lowest BCUT2D eigenvalue weighted by molar-refractivity contribution is 0.401. The van der Waals surface area contributed by atoms with Gasteiger partial charge < -0.3 is 10.1 Å². The summed E-state index contributed by atoms with van der Waals surface area (Å²) in [6.45, 7) is 0. The van der Waals surface area contributed by atoms with E-state index in [1.807, 2.05) is 12.1 Å². The highest BCUT2D eigenvalue weighted by atomic mass is 79.9. The zero-order valence-electron chi connectivity index (χ0n) is 11.4. The van der Waals surface area contributed by atoms with Crippen LogP contribution in [-0.4, -0.2) is 14.2 Å². The van der Waals surface area contributed by atoms with E-state index in [0.29, 0.717) is 20.3 Å². The lowest BCUT2D eigenvalue weighted by Crippen LogP contribution is -2.19. The topological polar surface area (TPSA) is 21.3 Å². The van der Waals surface area contributed by atoms with Gasteiger partial charge in [-0.3, -0.25) is 0 Å². The highest BCUT2D eigenvalue weighted by Gasteiger charge is 2.21. The second-order valence-corrected chi connectivity index (χ2v) is 6.01. The molecule has 21 heavy (non-hydrogen) atoms. The predicted octanol–water partition coefficient (Wildman–Crippen LogP) is 5.21. The summed E-state index contributed by atoms with van der Waals surface area (Å²) in [6.07, 6.45) is 0. The van der Waals surface area contributed by atoms with Crippen LogP contribution in [0.3, 0.4) is 0 Å². The smallest absolute Gasteiger partial charge is 0.141 e. The molecule has 0 aliphatic rings. The van der Waals surface area contributed by atoms with Crippen LogP contribution in [0.2, 0.25) is 10.0 Å². The van der Waals surface area contributed by atoms with Crippen molar-refractivity contribution in [1.29, 1.82) is 0 Å². The van der Waals surface area contributed by atoms with Crippen molar-refractivity contribution in [2.75, 3.05) is 14.2 Å². The summed E-state index contributed by atoms with van der Waals surface area (Å²) in [4.78, 5) is 0.